The van der Waals surface area contributed by atoms with E-state index in [1.807, 2.05) is 26.1 Å². The summed E-state index contributed by atoms with van der Waals surface area (Å²) in [4.78, 5) is 10.7. The molecule has 0 bridgehead atoms. The number of aromatic nitrogens is 2. The van der Waals surface area contributed by atoms with E-state index < -0.39 is 0 Å². The molecular weight excluding hydrogens is 346 g/mol. The van der Waals surface area contributed by atoms with Crippen molar-refractivity contribution in [3.05, 3.63) is 35.5 Å². The van der Waals surface area contributed by atoms with Crippen molar-refractivity contribution in [2.75, 3.05) is 41.4 Å². The highest BCUT2D eigenvalue weighted by atomic mass is 16.5. The Morgan fingerprint density at radius 3 is 2.63 bits per heavy atom. The molecule has 0 aliphatic rings. The number of benzene rings is 1. The van der Waals surface area contributed by atoms with Crippen LogP contribution >= 0.6 is 0 Å². The first-order valence-corrected chi connectivity index (χ1v) is 8.99. The average Bonchev–Trinajstić information content (AvgIpc) is 3.11. The van der Waals surface area contributed by atoms with Gasteiger partial charge < -0.3 is 24.2 Å². The van der Waals surface area contributed by atoms with Gasteiger partial charge in [-0.1, -0.05) is 11.2 Å². The summed E-state index contributed by atoms with van der Waals surface area (Å²) < 4.78 is 15.8. The summed E-state index contributed by atoms with van der Waals surface area (Å²) in [6, 6.07) is 5.99. The number of nitrogens with zero attached hydrogens (tertiary/aromatic N) is 4. The largest absolute Gasteiger partial charge is 0.493 e. The van der Waals surface area contributed by atoms with E-state index in [9.17, 15) is 0 Å². The van der Waals surface area contributed by atoms with Crippen molar-refractivity contribution in [3.8, 4) is 11.5 Å². The molecule has 1 aromatic carbocycles. The molecular formula is C19H29N5O3. The predicted molar refractivity (Wildman–Crippen MR) is 105 cm³/mol. The van der Waals surface area contributed by atoms with Gasteiger partial charge in [0.1, 0.15) is 0 Å². The van der Waals surface area contributed by atoms with Gasteiger partial charge in [-0.15, -0.1) is 0 Å². The van der Waals surface area contributed by atoms with Gasteiger partial charge in [0.05, 0.1) is 14.2 Å². The Hall–Kier alpha value is -2.77. The monoisotopic (exact) mass is 375 g/mol. The van der Waals surface area contributed by atoms with Crippen molar-refractivity contribution >= 4 is 5.96 Å². The van der Waals surface area contributed by atoms with Crippen LogP contribution in [0.2, 0.25) is 0 Å². The van der Waals surface area contributed by atoms with Crippen LogP contribution in [0.15, 0.2) is 27.7 Å². The van der Waals surface area contributed by atoms with Crippen LogP contribution in [-0.4, -0.2) is 62.4 Å². The van der Waals surface area contributed by atoms with Gasteiger partial charge in [-0.25, -0.2) is 0 Å². The fourth-order valence-electron chi connectivity index (χ4n) is 2.70. The number of nitrogens with one attached hydrogen (secondary N) is 1. The zero-order chi connectivity index (χ0) is 19.6. The van der Waals surface area contributed by atoms with Crippen molar-refractivity contribution in [1.82, 2.24) is 20.4 Å². The molecule has 148 valence electrons. The Labute approximate surface area is 160 Å². The molecule has 1 aromatic heterocycles. The minimum absolute atomic E-state index is 0.670. The van der Waals surface area contributed by atoms with Gasteiger partial charge in [0.15, 0.2) is 23.3 Å². The topological polar surface area (TPSA) is 85.0 Å². The maximum Gasteiger partial charge on any atom is 0.226 e. The Bertz CT molecular complexity index is 745. The fourth-order valence-corrected chi connectivity index (χ4v) is 2.70. The highest BCUT2D eigenvalue weighted by Gasteiger charge is 2.09. The third-order valence-electron chi connectivity index (χ3n) is 4.18. The summed E-state index contributed by atoms with van der Waals surface area (Å²) in [6.45, 7) is 3.44. The van der Waals surface area contributed by atoms with Gasteiger partial charge in [-0.2, -0.15) is 4.98 Å². The van der Waals surface area contributed by atoms with Crippen LogP contribution in [0.1, 0.15) is 23.7 Å². The quantitative estimate of drug-likeness (QED) is 0.408. The third-order valence-corrected chi connectivity index (χ3v) is 4.18. The van der Waals surface area contributed by atoms with E-state index in [0.29, 0.717) is 11.7 Å². The number of rotatable bonds is 9. The lowest BCUT2D eigenvalue weighted by molar-refractivity contribution is 0.354. The molecule has 1 heterocycles. The van der Waals surface area contributed by atoms with Gasteiger partial charge >= 0.3 is 0 Å². The summed E-state index contributed by atoms with van der Waals surface area (Å²) in [5.41, 5.74) is 1.18. The lowest BCUT2D eigenvalue weighted by atomic mass is 10.1. The SMILES string of the molecule is CN=C(NCCCc1nc(C)no1)N(C)CCc1ccc(OC)c(OC)c1. The number of aliphatic imine (C=N–C) groups is 1. The lowest BCUT2D eigenvalue weighted by Crippen LogP contribution is -2.40. The van der Waals surface area contributed by atoms with Gasteiger partial charge in [-0.05, 0) is 37.5 Å². The number of ether oxygens (including phenoxy) is 2. The second-order valence-electron chi connectivity index (χ2n) is 6.17. The summed E-state index contributed by atoms with van der Waals surface area (Å²) in [5, 5.41) is 7.16. The zero-order valence-electron chi connectivity index (χ0n) is 16.8. The van der Waals surface area contributed by atoms with Gasteiger partial charge in [0.2, 0.25) is 5.89 Å². The van der Waals surface area contributed by atoms with Crippen molar-refractivity contribution in [2.45, 2.75) is 26.2 Å². The molecule has 0 spiro atoms. The van der Waals surface area contributed by atoms with E-state index in [1.165, 1.54) is 5.56 Å². The first-order chi connectivity index (χ1) is 13.1. The van der Waals surface area contributed by atoms with Gasteiger partial charge in [-0.3, -0.25) is 4.99 Å². The van der Waals surface area contributed by atoms with Crippen LogP contribution in [0.5, 0.6) is 11.5 Å². The van der Waals surface area contributed by atoms with Gasteiger partial charge in [0.25, 0.3) is 0 Å². The molecule has 0 saturated carbocycles. The molecule has 0 atom stereocenters. The molecule has 0 radical (unpaired) electrons. The van der Waals surface area contributed by atoms with E-state index in [1.54, 1.807) is 21.3 Å². The molecule has 0 fully saturated rings. The van der Waals surface area contributed by atoms with Crippen LogP contribution in [-0.2, 0) is 12.8 Å². The molecule has 0 unspecified atom stereocenters. The second kappa shape index (κ2) is 10.4. The number of guanidine groups is 1. The smallest absolute Gasteiger partial charge is 0.226 e. The van der Waals surface area contributed by atoms with Crippen LogP contribution in [0.25, 0.3) is 0 Å². The maximum atomic E-state index is 5.36. The van der Waals surface area contributed by atoms with Crippen LogP contribution < -0.4 is 14.8 Å². The normalized spacial score (nSPS) is 11.4. The molecule has 2 rings (SSSR count). The molecule has 0 saturated heterocycles. The van der Waals surface area contributed by atoms with Crippen molar-refractivity contribution in [1.29, 1.82) is 0 Å². The number of aryl methyl sites for hydroxylation is 2. The van der Waals surface area contributed by atoms with Crippen molar-refractivity contribution < 1.29 is 14.0 Å². The lowest BCUT2D eigenvalue weighted by Gasteiger charge is -2.22. The molecule has 8 heteroatoms. The summed E-state index contributed by atoms with van der Waals surface area (Å²) in [7, 11) is 7.10. The molecule has 1 N–H and O–H groups in total. The van der Waals surface area contributed by atoms with E-state index in [2.05, 4.69) is 31.4 Å². The van der Waals surface area contributed by atoms with Crippen molar-refractivity contribution in [3.63, 3.8) is 0 Å². The summed E-state index contributed by atoms with van der Waals surface area (Å²) in [6.07, 6.45) is 2.52. The minimum Gasteiger partial charge on any atom is -0.493 e. The standard InChI is InChI=1S/C19H29N5O3/c1-14-22-18(27-23-14)7-6-11-21-19(20-2)24(3)12-10-15-8-9-16(25-4)17(13-15)26-5/h8-9,13H,6-7,10-12H2,1-5H3,(H,20,21). The molecule has 2 aromatic rings. The van der Waals surface area contributed by atoms with Crippen molar-refractivity contribution in [2.24, 2.45) is 4.99 Å². The Kier molecular flexibility index (Phi) is 7.91. The second-order valence-corrected chi connectivity index (χ2v) is 6.17. The molecule has 0 amide bonds. The Balaban J connectivity index is 1.78. The van der Waals surface area contributed by atoms with Gasteiger partial charge in [0, 0.05) is 33.6 Å². The summed E-state index contributed by atoms with van der Waals surface area (Å²) >= 11 is 0. The number of likely N-dealkylation sites (N-methyl/N-ethyl adjacent to an activating group) is 1. The average molecular weight is 375 g/mol. The number of hydrogen-bond donors (Lipinski definition) is 1. The molecule has 0 aliphatic carbocycles. The Morgan fingerprint density at radius 1 is 1.22 bits per heavy atom. The highest BCUT2D eigenvalue weighted by Crippen LogP contribution is 2.27. The first-order valence-electron chi connectivity index (χ1n) is 8.99. The summed E-state index contributed by atoms with van der Waals surface area (Å²) in [5.74, 6) is 3.69. The number of methoxy groups -OCH3 is 2. The first kappa shape index (κ1) is 20.5. The highest BCUT2D eigenvalue weighted by molar-refractivity contribution is 5.79. The maximum absolute atomic E-state index is 5.36. The molecule has 27 heavy (non-hydrogen) atoms. The van der Waals surface area contributed by atoms with Crippen LogP contribution in [0, 0.1) is 6.92 Å². The molecule has 8 nitrogen and oxygen atoms in total. The van der Waals surface area contributed by atoms with E-state index in [0.717, 1.165) is 49.8 Å². The molecule has 0 aliphatic heterocycles. The van der Waals surface area contributed by atoms with Crippen LogP contribution in [0.3, 0.4) is 0 Å². The Morgan fingerprint density at radius 2 is 2.00 bits per heavy atom. The van der Waals surface area contributed by atoms with E-state index >= 15 is 0 Å². The predicted octanol–water partition coefficient (Wildman–Crippen LogP) is 2.08. The van der Waals surface area contributed by atoms with E-state index in [-0.39, 0.29) is 0 Å². The minimum atomic E-state index is 0.670. The van der Waals surface area contributed by atoms with E-state index in [4.69, 9.17) is 14.0 Å². The van der Waals surface area contributed by atoms with Crippen LogP contribution in [0.4, 0.5) is 0 Å². The number of hydrogen-bond acceptors (Lipinski definition) is 6. The fraction of sp³-hybridized carbons (Fsp3) is 0.526. The zero-order valence-corrected chi connectivity index (χ0v) is 16.8. The third kappa shape index (κ3) is 6.16.